The first-order valence-corrected chi connectivity index (χ1v) is 14.1. The molecule has 0 atom stereocenters. The monoisotopic (exact) mass is 528 g/mol. The van der Waals surface area contributed by atoms with E-state index < -0.39 is 0 Å². The van der Waals surface area contributed by atoms with Crippen LogP contribution in [-0.2, 0) is 5.41 Å². The first kappa shape index (κ1) is 23.7. The number of hydrogen-bond donors (Lipinski definition) is 0. The van der Waals surface area contributed by atoms with Crippen LogP contribution in [0.15, 0.2) is 138 Å². The van der Waals surface area contributed by atoms with Gasteiger partial charge in [-0.05, 0) is 93.7 Å². The summed E-state index contributed by atoms with van der Waals surface area (Å²) in [5.74, 6) is 0.653. The lowest BCUT2D eigenvalue weighted by atomic mass is 9.82. The van der Waals surface area contributed by atoms with E-state index in [4.69, 9.17) is 9.40 Å². The summed E-state index contributed by atoms with van der Waals surface area (Å²) in [5, 5.41) is 2.39. The molecule has 7 aromatic rings. The number of aromatic nitrogens is 1. The molecule has 0 spiro atoms. The normalized spacial score (nSPS) is 13.3. The molecule has 0 saturated heterocycles. The van der Waals surface area contributed by atoms with E-state index in [1.54, 1.807) is 0 Å². The number of benzene rings is 6. The quantitative estimate of drug-likeness (QED) is 0.228. The highest BCUT2D eigenvalue weighted by atomic mass is 16.3. The zero-order valence-corrected chi connectivity index (χ0v) is 23.0. The first-order valence-electron chi connectivity index (χ1n) is 14.1. The van der Waals surface area contributed by atoms with Gasteiger partial charge in [0, 0.05) is 28.0 Å². The molecule has 6 aromatic carbocycles. The second-order valence-corrected chi connectivity index (χ2v) is 11.3. The molecule has 8 rings (SSSR count). The van der Waals surface area contributed by atoms with Crippen molar-refractivity contribution in [2.45, 2.75) is 19.3 Å². The van der Waals surface area contributed by atoms with E-state index in [-0.39, 0.29) is 5.41 Å². The number of anilines is 3. The molecule has 1 aliphatic carbocycles. The van der Waals surface area contributed by atoms with Crippen LogP contribution in [0.3, 0.4) is 0 Å². The van der Waals surface area contributed by atoms with Gasteiger partial charge in [-0.25, -0.2) is 4.98 Å². The van der Waals surface area contributed by atoms with Crippen molar-refractivity contribution >= 4 is 38.9 Å². The zero-order valence-electron chi connectivity index (χ0n) is 23.0. The number of hydrogen-bond acceptors (Lipinski definition) is 3. The largest absolute Gasteiger partial charge is 0.436 e. The van der Waals surface area contributed by atoms with Gasteiger partial charge in [0.15, 0.2) is 5.58 Å². The lowest BCUT2D eigenvalue weighted by Gasteiger charge is -2.27. The van der Waals surface area contributed by atoms with Crippen LogP contribution in [0.25, 0.3) is 44.5 Å². The van der Waals surface area contributed by atoms with Gasteiger partial charge < -0.3 is 9.32 Å². The van der Waals surface area contributed by atoms with Crippen LogP contribution in [0.5, 0.6) is 0 Å². The topological polar surface area (TPSA) is 29.3 Å². The Balaban J connectivity index is 1.27. The molecule has 196 valence electrons. The Kier molecular flexibility index (Phi) is 5.17. The van der Waals surface area contributed by atoms with E-state index in [1.807, 2.05) is 0 Å². The van der Waals surface area contributed by atoms with Gasteiger partial charge in [-0.3, -0.25) is 0 Å². The summed E-state index contributed by atoms with van der Waals surface area (Å²) in [6, 6.07) is 47.1. The van der Waals surface area contributed by atoms with E-state index in [0.717, 1.165) is 33.7 Å². The summed E-state index contributed by atoms with van der Waals surface area (Å²) >= 11 is 0. The third-order valence-corrected chi connectivity index (χ3v) is 8.45. The highest BCUT2D eigenvalue weighted by Crippen LogP contribution is 2.52. The number of fused-ring (bicyclic) bond motifs is 5. The van der Waals surface area contributed by atoms with Crippen molar-refractivity contribution in [2.24, 2.45) is 0 Å². The Morgan fingerprint density at radius 1 is 0.561 bits per heavy atom. The summed E-state index contributed by atoms with van der Waals surface area (Å²) in [7, 11) is 0. The molecule has 3 nitrogen and oxygen atoms in total. The van der Waals surface area contributed by atoms with Crippen molar-refractivity contribution in [2.75, 3.05) is 4.90 Å². The summed E-state index contributed by atoms with van der Waals surface area (Å²) in [5.41, 5.74) is 11.0. The number of oxazole rings is 1. The molecule has 0 fully saturated rings. The van der Waals surface area contributed by atoms with Gasteiger partial charge in [-0.2, -0.15) is 0 Å². The van der Waals surface area contributed by atoms with Crippen molar-refractivity contribution in [1.29, 1.82) is 0 Å². The lowest BCUT2D eigenvalue weighted by molar-refractivity contribution is 0.619. The van der Waals surface area contributed by atoms with Crippen LogP contribution in [-0.4, -0.2) is 4.98 Å². The maximum atomic E-state index is 6.41. The molecule has 41 heavy (non-hydrogen) atoms. The van der Waals surface area contributed by atoms with Crippen molar-refractivity contribution in [3.05, 3.63) is 145 Å². The molecule has 0 bridgehead atoms. The Morgan fingerprint density at radius 3 is 1.95 bits per heavy atom. The molecule has 0 radical (unpaired) electrons. The Bertz CT molecular complexity index is 2030. The van der Waals surface area contributed by atoms with Crippen molar-refractivity contribution < 1.29 is 4.42 Å². The SMILES string of the molecule is CC1(C)c2ccc(N(c3ccccc3)c3ccccc3)cc2-c2cc3oc(-c4ccc5ccccc5c4)nc3cc21. The molecule has 3 heteroatoms. The zero-order chi connectivity index (χ0) is 27.6. The smallest absolute Gasteiger partial charge is 0.227 e. The Labute approximate surface area is 239 Å². The van der Waals surface area contributed by atoms with Crippen molar-refractivity contribution in [3.8, 4) is 22.6 Å². The molecule has 0 N–H and O–H groups in total. The second-order valence-electron chi connectivity index (χ2n) is 11.3. The maximum absolute atomic E-state index is 6.41. The molecule has 1 heterocycles. The van der Waals surface area contributed by atoms with Gasteiger partial charge in [0.1, 0.15) is 5.52 Å². The highest BCUT2D eigenvalue weighted by Gasteiger charge is 2.37. The minimum atomic E-state index is -0.149. The van der Waals surface area contributed by atoms with Crippen LogP contribution in [0.1, 0.15) is 25.0 Å². The third-order valence-electron chi connectivity index (χ3n) is 8.45. The number of para-hydroxylation sites is 2. The van der Waals surface area contributed by atoms with E-state index in [1.165, 1.54) is 33.0 Å². The molecule has 0 unspecified atom stereocenters. The molecular formula is C38H28N2O. The average Bonchev–Trinajstić information content (AvgIpc) is 3.53. The van der Waals surface area contributed by atoms with Crippen LogP contribution in [0.2, 0.25) is 0 Å². The summed E-state index contributed by atoms with van der Waals surface area (Å²) in [6.45, 7) is 4.61. The standard InChI is InChI=1S/C38H28N2O/c1-38(2)33-20-19-30(40(28-13-5-3-6-14-28)29-15-7-4-8-16-29)22-31(33)32-23-36-35(24-34(32)38)39-37(41-36)27-18-17-25-11-9-10-12-26(25)21-27/h3-24H,1-2H3. The minimum absolute atomic E-state index is 0.149. The molecular weight excluding hydrogens is 500 g/mol. The van der Waals surface area contributed by atoms with Crippen LogP contribution < -0.4 is 4.90 Å². The second kappa shape index (κ2) is 8.94. The van der Waals surface area contributed by atoms with Gasteiger partial charge in [-0.1, -0.05) is 86.6 Å². The molecule has 1 aromatic heterocycles. The van der Waals surface area contributed by atoms with Gasteiger partial charge >= 0.3 is 0 Å². The fraction of sp³-hybridized carbons (Fsp3) is 0.0789. The predicted octanol–water partition coefficient (Wildman–Crippen LogP) is 10.4. The third kappa shape index (κ3) is 3.77. The number of nitrogens with zero attached hydrogens (tertiary/aromatic N) is 2. The lowest BCUT2D eigenvalue weighted by Crippen LogP contribution is -2.15. The van der Waals surface area contributed by atoms with Gasteiger partial charge in [0.2, 0.25) is 5.89 Å². The fourth-order valence-corrected chi connectivity index (χ4v) is 6.35. The highest BCUT2D eigenvalue weighted by molar-refractivity contribution is 5.93. The van der Waals surface area contributed by atoms with Crippen LogP contribution >= 0.6 is 0 Å². The summed E-state index contributed by atoms with van der Waals surface area (Å²) in [4.78, 5) is 7.26. The van der Waals surface area contributed by atoms with Crippen molar-refractivity contribution in [3.63, 3.8) is 0 Å². The number of rotatable bonds is 4. The summed E-state index contributed by atoms with van der Waals surface area (Å²) < 4.78 is 6.41. The van der Waals surface area contributed by atoms with E-state index in [2.05, 4.69) is 152 Å². The Hall–Kier alpha value is -5.15. The van der Waals surface area contributed by atoms with Crippen LogP contribution in [0, 0.1) is 0 Å². The van der Waals surface area contributed by atoms with E-state index in [9.17, 15) is 0 Å². The molecule has 0 saturated carbocycles. The van der Waals surface area contributed by atoms with Gasteiger partial charge in [0.05, 0.1) is 0 Å². The maximum Gasteiger partial charge on any atom is 0.227 e. The Morgan fingerprint density at radius 2 is 1.22 bits per heavy atom. The molecule has 0 amide bonds. The molecule has 1 aliphatic rings. The fourth-order valence-electron chi connectivity index (χ4n) is 6.35. The van der Waals surface area contributed by atoms with Crippen molar-refractivity contribution in [1.82, 2.24) is 4.98 Å². The molecule has 0 aliphatic heterocycles. The van der Waals surface area contributed by atoms with E-state index in [0.29, 0.717) is 5.89 Å². The first-order chi connectivity index (χ1) is 20.1. The van der Waals surface area contributed by atoms with Gasteiger partial charge in [-0.15, -0.1) is 0 Å². The minimum Gasteiger partial charge on any atom is -0.436 e. The average molecular weight is 529 g/mol. The van der Waals surface area contributed by atoms with Crippen LogP contribution in [0.4, 0.5) is 17.1 Å². The van der Waals surface area contributed by atoms with E-state index >= 15 is 0 Å². The van der Waals surface area contributed by atoms with Gasteiger partial charge in [0.25, 0.3) is 0 Å². The summed E-state index contributed by atoms with van der Waals surface area (Å²) in [6.07, 6.45) is 0. The predicted molar refractivity (Wildman–Crippen MR) is 169 cm³/mol.